The van der Waals surface area contributed by atoms with Crippen LogP contribution in [0.3, 0.4) is 0 Å². The molecule has 0 N–H and O–H groups in total. The van der Waals surface area contributed by atoms with Crippen LogP contribution < -0.4 is 0 Å². The summed E-state index contributed by atoms with van der Waals surface area (Å²) in [6.45, 7) is 25.0. The number of fused-ring (bicyclic) bond motifs is 2. The maximum absolute atomic E-state index is 12.0. The Kier molecular flexibility index (Phi) is 15.2. The molecule has 0 bridgehead atoms. The zero-order valence-electron chi connectivity index (χ0n) is 39.7. The number of hydrogen-bond acceptors (Lipinski definition) is 10. The summed E-state index contributed by atoms with van der Waals surface area (Å²) in [4.78, 5) is 36.8. The SMILES string of the molecule is CC.COC(=O)N1CCO[C@@H](c2cc(C)nc3cc(C4CCC(C(C)(C)C)CC4)nn23)C1.COC(=O)N1CCO[C@H](c2cc(C)nc3cc(C4CCC(C(C)(C)C)CC4)nn23)C1. The molecule has 342 valence electrons. The Bertz CT molecular complexity index is 1970. The number of hydrogen-bond donors (Lipinski definition) is 0. The second-order valence-corrected chi connectivity index (χ2v) is 19.7. The molecular formula is C48H74N8O6. The van der Waals surface area contributed by atoms with E-state index in [4.69, 9.17) is 39.1 Å². The average molecular weight is 859 g/mol. The fraction of sp³-hybridized carbons (Fsp3) is 0.708. The van der Waals surface area contributed by atoms with Gasteiger partial charge in [-0.25, -0.2) is 28.6 Å². The van der Waals surface area contributed by atoms with E-state index in [0.29, 0.717) is 62.1 Å². The molecule has 0 aromatic carbocycles. The number of morpholine rings is 2. The number of carbonyl (C=O) groups is 2. The predicted octanol–water partition coefficient (Wildman–Crippen LogP) is 10.0. The minimum absolute atomic E-state index is 0.244. The van der Waals surface area contributed by atoms with Crippen molar-refractivity contribution in [3.8, 4) is 0 Å². The zero-order chi connectivity index (χ0) is 44.9. The molecule has 6 heterocycles. The van der Waals surface area contributed by atoms with Crippen LogP contribution in [0.4, 0.5) is 9.59 Å². The summed E-state index contributed by atoms with van der Waals surface area (Å²) in [5, 5.41) is 9.94. The standard InChI is InChI=1S/2C23H34N4O3.C2H6/c2*1-15-12-19(20-14-26(10-11-30-20)22(28)29-5)27-21(24-15)13-18(25-27)16-6-8-17(9-7-16)23(2,3)4;1-2/h2*12-13,16-17,20H,6-11,14H2,1-5H3;1-2H3/t2*16?,17?,20-;/m10./s1. The van der Waals surface area contributed by atoms with Gasteiger partial charge in [-0.2, -0.15) is 10.2 Å². The van der Waals surface area contributed by atoms with Crippen LogP contribution >= 0.6 is 0 Å². The van der Waals surface area contributed by atoms with Gasteiger partial charge >= 0.3 is 12.2 Å². The van der Waals surface area contributed by atoms with Crippen molar-refractivity contribution in [3.63, 3.8) is 0 Å². The van der Waals surface area contributed by atoms with Gasteiger partial charge in [-0.05, 0) is 100 Å². The number of ether oxygens (including phenoxy) is 4. The van der Waals surface area contributed by atoms with Crippen molar-refractivity contribution < 1.29 is 28.5 Å². The monoisotopic (exact) mass is 859 g/mol. The largest absolute Gasteiger partial charge is 0.453 e. The van der Waals surface area contributed by atoms with E-state index >= 15 is 0 Å². The van der Waals surface area contributed by atoms with Crippen molar-refractivity contribution in [2.45, 2.75) is 145 Å². The zero-order valence-corrected chi connectivity index (χ0v) is 39.7. The minimum Gasteiger partial charge on any atom is -0.453 e. The number of aromatic nitrogens is 6. The summed E-state index contributed by atoms with van der Waals surface area (Å²) in [5.41, 5.74) is 8.47. The highest BCUT2D eigenvalue weighted by Crippen LogP contribution is 2.44. The topological polar surface area (TPSA) is 138 Å². The first-order chi connectivity index (χ1) is 29.5. The second kappa shape index (κ2) is 20.0. The number of methoxy groups -OCH3 is 2. The van der Waals surface area contributed by atoms with E-state index in [0.717, 1.165) is 57.3 Å². The van der Waals surface area contributed by atoms with Gasteiger partial charge in [0.15, 0.2) is 11.3 Å². The van der Waals surface area contributed by atoms with Crippen molar-refractivity contribution in [2.24, 2.45) is 22.7 Å². The highest BCUT2D eigenvalue weighted by atomic mass is 16.6. The average Bonchev–Trinajstić information content (AvgIpc) is 3.90. The molecule has 2 amide bonds. The number of aryl methyl sites for hydroxylation is 2. The van der Waals surface area contributed by atoms with E-state index in [-0.39, 0.29) is 24.4 Å². The van der Waals surface area contributed by atoms with Crippen LogP contribution in [0.1, 0.15) is 165 Å². The molecule has 0 spiro atoms. The third kappa shape index (κ3) is 10.9. The molecule has 2 saturated heterocycles. The second-order valence-electron chi connectivity index (χ2n) is 19.7. The summed E-state index contributed by atoms with van der Waals surface area (Å²) < 4.78 is 25.7. The molecular weight excluding hydrogens is 785 g/mol. The molecule has 4 aromatic heterocycles. The Labute approximate surface area is 369 Å². The molecule has 4 aromatic rings. The maximum atomic E-state index is 12.0. The third-order valence-electron chi connectivity index (χ3n) is 13.6. The maximum Gasteiger partial charge on any atom is 0.409 e. The van der Waals surface area contributed by atoms with Crippen LogP contribution in [-0.4, -0.2) is 105 Å². The fourth-order valence-electron chi connectivity index (χ4n) is 9.91. The molecule has 4 aliphatic rings. The molecule has 2 saturated carbocycles. The van der Waals surface area contributed by atoms with E-state index < -0.39 is 0 Å². The van der Waals surface area contributed by atoms with E-state index in [2.05, 4.69) is 53.7 Å². The van der Waals surface area contributed by atoms with Crippen molar-refractivity contribution in [3.05, 3.63) is 58.4 Å². The van der Waals surface area contributed by atoms with Gasteiger partial charge in [-0.3, -0.25) is 0 Å². The van der Waals surface area contributed by atoms with Gasteiger partial charge in [0.25, 0.3) is 0 Å². The van der Waals surface area contributed by atoms with Crippen LogP contribution in [0, 0.1) is 36.5 Å². The molecule has 2 aliphatic carbocycles. The van der Waals surface area contributed by atoms with Gasteiger partial charge < -0.3 is 28.7 Å². The molecule has 62 heavy (non-hydrogen) atoms. The van der Waals surface area contributed by atoms with Crippen LogP contribution in [0.5, 0.6) is 0 Å². The summed E-state index contributed by atoms with van der Waals surface area (Å²) in [6, 6.07) is 8.32. The van der Waals surface area contributed by atoms with Crippen molar-refractivity contribution >= 4 is 23.5 Å². The van der Waals surface area contributed by atoms with Crippen LogP contribution in [0.15, 0.2) is 24.3 Å². The lowest BCUT2D eigenvalue weighted by Gasteiger charge is -2.36. The Morgan fingerprint density at radius 3 is 1.27 bits per heavy atom. The summed E-state index contributed by atoms with van der Waals surface area (Å²) in [5.74, 6) is 2.53. The van der Waals surface area contributed by atoms with Crippen LogP contribution in [0.2, 0.25) is 0 Å². The molecule has 2 aliphatic heterocycles. The normalized spacial score (nSPS) is 24.8. The molecule has 14 heteroatoms. The lowest BCUT2D eigenvalue weighted by Crippen LogP contribution is -2.42. The summed E-state index contributed by atoms with van der Waals surface area (Å²) >= 11 is 0. The van der Waals surface area contributed by atoms with Crippen LogP contribution in [0.25, 0.3) is 11.3 Å². The number of rotatable bonds is 4. The molecule has 0 radical (unpaired) electrons. The number of nitrogens with zero attached hydrogens (tertiary/aromatic N) is 8. The Hall–Kier alpha value is -4.30. The molecule has 14 nitrogen and oxygen atoms in total. The van der Waals surface area contributed by atoms with Crippen molar-refractivity contribution in [1.29, 1.82) is 0 Å². The van der Waals surface area contributed by atoms with E-state index in [1.807, 2.05) is 48.9 Å². The molecule has 8 rings (SSSR count). The Morgan fingerprint density at radius 2 is 0.952 bits per heavy atom. The summed E-state index contributed by atoms with van der Waals surface area (Å²) in [6.07, 6.45) is 8.59. The first-order valence-corrected chi connectivity index (χ1v) is 23.2. The Morgan fingerprint density at radius 1 is 0.597 bits per heavy atom. The first-order valence-electron chi connectivity index (χ1n) is 23.2. The van der Waals surface area contributed by atoms with Gasteiger partial charge in [-0.1, -0.05) is 55.4 Å². The lowest BCUT2D eigenvalue weighted by molar-refractivity contribution is -0.0287. The van der Waals surface area contributed by atoms with Gasteiger partial charge in [-0.15, -0.1) is 0 Å². The fourth-order valence-corrected chi connectivity index (χ4v) is 9.91. The van der Waals surface area contributed by atoms with E-state index in [1.54, 1.807) is 9.80 Å². The quantitative estimate of drug-likeness (QED) is 0.195. The van der Waals surface area contributed by atoms with Crippen LogP contribution in [-0.2, 0) is 18.9 Å². The van der Waals surface area contributed by atoms with E-state index in [9.17, 15) is 9.59 Å². The van der Waals surface area contributed by atoms with Gasteiger partial charge in [0.1, 0.15) is 12.2 Å². The smallest absolute Gasteiger partial charge is 0.409 e. The lowest BCUT2D eigenvalue weighted by atomic mass is 9.69. The van der Waals surface area contributed by atoms with Crippen molar-refractivity contribution in [2.75, 3.05) is 53.6 Å². The van der Waals surface area contributed by atoms with E-state index in [1.165, 1.54) is 65.6 Å². The third-order valence-corrected chi connectivity index (χ3v) is 13.6. The first kappa shape index (κ1) is 47.2. The molecule has 2 atom stereocenters. The predicted molar refractivity (Wildman–Crippen MR) is 240 cm³/mol. The number of amides is 2. The van der Waals surface area contributed by atoms with Gasteiger partial charge in [0.05, 0.1) is 63.3 Å². The van der Waals surface area contributed by atoms with Gasteiger partial charge in [0, 0.05) is 48.4 Å². The highest BCUT2D eigenvalue weighted by Gasteiger charge is 2.35. The van der Waals surface area contributed by atoms with Crippen molar-refractivity contribution in [1.82, 2.24) is 39.0 Å². The number of carbonyl (C=O) groups excluding carboxylic acids is 2. The Balaban J connectivity index is 0.000000199. The molecule has 0 unspecified atom stereocenters. The highest BCUT2D eigenvalue weighted by molar-refractivity contribution is 5.68. The minimum atomic E-state index is -0.318. The molecule has 4 fully saturated rings. The summed E-state index contributed by atoms with van der Waals surface area (Å²) in [7, 11) is 2.82. The van der Waals surface area contributed by atoms with Gasteiger partial charge in [0.2, 0.25) is 0 Å².